The number of piperazine rings is 1. The van der Waals surface area contributed by atoms with Crippen LogP contribution in [0.1, 0.15) is 18.5 Å². The zero-order chi connectivity index (χ0) is 13.8. The SMILES string of the molecule is Cc1nccnc1N1CCN(CC2CCNCC2)CC1. The van der Waals surface area contributed by atoms with Crippen LogP contribution in [0.5, 0.6) is 0 Å². The molecule has 1 aromatic heterocycles. The molecule has 0 saturated carbocycles. The van der Waals surface area contributed by atoms with Gasteiger partial charge < -0.3 is 10.2 Å². The van der Waals surface area contributed by atoms with Gasteiger partial charge in [-0.1, -0.05) is 0 Å². The van der Waals surface area contributed by atoms with Crippen LogP contribution in [0.25, 0.3) is 0 Å². The number of piperidine rings is 1. The van der Waals surface area contributed by atoms with Gasteiger partial charge in [0, 0.05) is 45.1 Å². The van der Waals surface area contributed by atoms with Gasteiger partial charge in [0.2, 0.25) is 0 Å². The van der Waals surface area contributed by atoms with E-state index >= 15 is 0 Å². The van der Waals surface area contributed by atoms with Crippen molar-refractivity contribution < 1.29 is 0 Å². The molecule has 0 unspecified atom stereocenters. The van der Waals surface area contributed by atoms with E-state index in [-0.39, 0.29) is 0 Å². The first-order valence-corrected chi connectivity index (χ1v) is 7.78. The molecule has 3 rings (SSSR count). The number of rotatable bonds is 3. The Morgan fingerprint density at radius 2 is 1.80 bits per heavy atom. The van der Waals surface area contributed by atoms with E-state index in [1.807, 2.05) is 6.92 Å². The van der Waals surface area contributed by atoms with Crippen LogP contribution >= 0.6 is 0 Å². The molecule has 1 aromatic rings. The van der Waals surface area contributed by atoms with Crippen LogP contribution in [0.4, 0.5) is 5.82 Å². The molecule has 2 aliphatic heterocycles. The summed E-state index contributed by atoms with van der Waals surface area (Å²) in [5.74, 6) is 1.95. The predicted molar refractivity (Wildman–Crippen MR) is 81.0 cm³/mol. The third-order valence-corrected chi connectivity index (χ3v) is 4.50. The number of nitrogens with one attached hydrogen (secondary N) is 1. The van der Waals surface area contributed by atoms with Gasteiger partial charge in [0.25, 0.3) is 0 Å². The molecule has 0 atom stereocenters. The largest absolute Gasteiger partial charge is 0.353 e. The van der Waals surface area contributed by atoms with E-state index in [4.69, 9.17) is 0 Å². The van der Waals surface area contributed by atoms with Gasteiger partial charge in [0.1, 0.15) is 5.82 Å². The van der Waals surface area contributed by atoms with E-state index in [2.05, 4.69) is 25.1 Å². The maximum atomic E-state index is 4.48. The zero-order valence-corrected chi connectivity index (χ0v) is 12.4. The summed E-state index contributed by atoms with van der Waals surface area (Å²) in [5, 5.41) is 3.44. The van der Waals surface area contributed by atoms with E-state index in [1.54, 1.807) is 12.4 Å². The Balaban J connectivity index is 1.50. The second kappa shape index (κ2) is 6.50. The number of nitrogens with zero attached hydrogens (tertiary/aromatic N) is 4. The van der Waals surface area contributed by atoms with E-state index in [9.17, 15) is 0 Å². The van der Waals surface area contributed by atoms with Gasteiger partial charge in [-0.05, 0) is 38.8 Å². The van der Waals surface area contributed by atoms with Crippen molar-refractivity contribution in [2.24, 2.45) is 5.92 Å². The minimum absolute atomic E-state index is 0.890. The second-order valence-electron chi connectivity index (χ2n) is 5.95. The fourth-order valence-electron chi connectivity index (χ4n) is 3.28. The number of hydrogen-bond donors (Lipinski definition) is 1. The maximum Gasteiger partial charge on any atom is 0.150 e. The third kappa shape index (κ3) is 3.27. The molecule has 0 aliphatic carbocycles. The summed E-state index contributed by atoms with van der Waals surface area (Å²) in [6.07, 6.45) is 6.24. The number of anilines is 1. The Morgan fingerprint density at radius 1 is 1.10 bits per heavy atom. The van der Waals surface area contributed by atoms with Crippen molar-refractivity contribution in [1.29, 1.82) is 0 Å². The van der Waals surface area contributed by atoms with Crippen LogP contribution < -0.4 is 10.2 Å². The predicted octanol–water partition coefficient (Wildman–Crippen LogP) is 0.907. The molecule has 5 heteroatoms. The Bertz CT molecular complexity index is 422. The molecule has 0 bridgehead atoms. The van der Waals surface area contributed by atoms with Crippen molar-refractivity contribution in [2.75, 3.05) is 50.7 Å². The van der Waals surface area contributed by atoms with Gasteiger partial charge in [-0.15, -0.1) is 0 Å². The molecule has 2 fully saturated rings. The van der Waals surface area contributed by atoms with Crippen molar-refractivity contribution in [3.63, 3.8) is 0 Å². The van der Waals surface area contributed by atoms with Crippen LogP contribution in [0, 0.1) is 12.8 Å². The van der Waals surface area contributed by atoms with Gasteiger partial charge in [0.05, 0.1) is 5.69 Å². The van der Waals surface area contributed by atoms with Crippen LogP contribution in [-0.2, 0) is 0 Å². The van der Waals surface area contributed by atoms with E-state index < -0.39 is 0 Å². The first kappa shape index (κ1) is 13.8. The highest BCUT2D eigenvalue weighted by atomic mass is 15.3. The zero-order valence-electron chi connectivity index (χ0n) is 12.4. The molecular formula is C15H25N5. The fraction of sp³-hybridized carbons (Fsp3) is 0.733. The summed E-state index contributed by atoms with van der Waals surface area (Å²) in [4.78, 5) is 13.8. The Morgan fingerprint density at radius 3 is 2.50 bits per heavy atom. The first-order chi connectivity index (χ1) is 9.83. The van der Waals surface area contributed by atoms with E-state index in [0.29, 0.717) is 0 Å². The van der Waals surface area contributed by atoms with Crippen LogP contribution in [0.2, 0.25) is 0 Å². The van der Waals surface area contributed by atoms with Gasteiger partial charge in [-0.2, -0.15) is 0 Å². The lowest BCUT2D eigenvalue weighted by Crippen LogP contribution is -2.49. The maximum absolute atomic E-state index is 4.48. The van der Waals surface area contributed by atoms with E-state index in [0.717, 1.165) is 43.6 Å². The van der Waals surface area contributed by atoms with Crippen molar-refractivity contribution in [3.05, 3.63) is 18.1 Å². The minimum atomic E-state index is 0.890. The summed E-state index contributed by atoms with van der Waals surface area (Å²) < 4.78 is 0. The summed E-state index contributed by atoms with van der Waals surface area (Å²) in [6, 6.07) is 0. The Kier molecular flexibility index (Phi) is 4.47. The van der Waals surface area contributed by atoms with Crippen LogP contribution in [0.3, 0.4) is 0 Å². The fourth-order valence-corrected chi connectivity index (χ4v) is 3.28. The van der Waals surface area contributed by atoms with Crippen molar-refractivity contribution in [1.82, 2.24) is 20.2 Å². The number of hydrogen-bond acceptors (Lipinski definition) is 5. The summed E-state index contributed by atoms with van der Waals surface area (Å²) in [6.45, 7) is 10.2. The topological polar surface area (TPSA) is 44.3 Å². The lowest BCUT2D eigenvalue weighted by molar-refractivity contribution is 0.196. The van der Waals surface area contributed by atoms with Crippen molar-refractivity contribution in [2.45, 2.75) is 19.8 Å². The number of aromatic nitrogens is 2. The number of aryl methyl sites for hydroxylation is 1. The van der Waals surface area contributed by atoms with Gasteiger partial charge in [-0.25, -0.2) is 4.98 Å². The highest BCUT2D eigenvalue weighted by Crippen LogP contribution is 2.18. The van der Waals surface area contributed by atoms with Gasteiger partial charge in [0.15, 0.2) is 0 Å². The molecule has 110 valence electrons. The molecule has 20 heavy (non-hydrogen) atoms. The highest BCUT2D eigenvalue weighted by Gasteiger charge is 2.22. The molecular weight excluding hydrogens is 250 g/mol. The highest BCUT2D eigenvalue weighted by molar-refractivity contribution is 5.42. The quantitative estimate of drug-likeness (QED) is 0.888. The standard InChI is InChI=1S/C15H25N5/c1-13-15(18-7-6-17-13)20-10-8-19(9-11-20)12-14-2-4-16-5-3-14/h6-7,14,16H,2-5,8-12H2,1H3. The van der Waals surface area contributed by atoms with Gasteiger partial charge in [-0.3, -0.25) is 9.88 Å². The lowest BCUT2D eigenvalue weighted by atomic mass is 9.97. The third-order valence-electron chi connectivity index (χ3n) is 4.50. The molecule has 2 saturated heterocycles. The normalized spacial score (nSPS) is 22.1. The lowest BCUT2D eigenvalue weighted by Gasteiger charge is -2.38. The molecule has 0 radical (unpaired) electrons. The first-order valence-electron chi connectivity index (χ1n) is 7.78. The smallest absolute Gasteiger partial charge is 0.150 e. The molecule has 0 amide bonds. The molecule has 2 aliphatic rings. The van der Waals surface area contributed by atoms with Crippen molar-refractivity contribution >= 4 is 5.82 Å². The van der Waals surface area contributed by atoms with Crippen LogP contribution in [0.15, 0.2) is 12.4 Å². The van der Waals surface area contributed by atoms with E-state index in [1.165, 1.54) is 32.5 Å². The summed E-state index contributed by atoms with van der Waals surface area (Å²) in [5.41, 5.74) is 1.04. The average molecular weight is 275 g/mol. The molecule has 1 N–H and O–H groups in total. The van der Waals surface area contributed by atoms with Crippen molar-refractivity contribution in [3.8, 4) is 0 Å². The molecule has 5 nitrogen and oxygen atoms in total. The molecule has 0 spiro atoms. The Hall–Kier alpha value is -1.20. The molecule has 0 aromatic carbocycles. The van der Waals surface area contributed by atoms with Crippen LogP contribution in [-0.4, -0.2) is 60.7 Å². The second-order valence-corrected chi connectivity index (χ2v) is 5.95. The summed E-state index contributed by atoms with van der Waals surface area (Å²) in [7, 11) is 0. The molecule has 3 heterocycles. The van der Waals surface area contributed by atoms with Gasteiger partial charge >= 0.3 is 0 Å². The monoisotopic (exact) mass is 275 g/mol. The summed E-state index contributed by atoms with van der Waals surface area (Å²) >= 11 is 0. The average Bonchev–Trinajstić information content (AvgIpc) is 2.50. The Labute approximate surface area is 121 Å². The minimum Gasteiger partial charge on any atom is -0.353 e.